The van der Waals surface area contributed by atoms with E-state index in [4.69, 9.17) is 28.3 Å². The summed E-state index contributed by atoms with van der Waals surface area (Å²) in [7, 11) is 0. The van der Waals surface area contributed by atoms with Gasteiger partial charge in [-0.25, -0.2) is 0 Å². The van der Waals surface area contributed by atoms with Gasteiger partial charge in [-0.15, -0.1) is 0 Å². The highest BCUT2D eigenvalue weighted by Gasteiger charge is 2.08. The molecule has 0 radical (unpaired) electrons. The highest BCUT2D eigenvalue weighted by atomic mass is 35.5. The van der Waals surface area contributed by atoms with Gasteiger partial charge in [0.15, 0.2) is 0 Å². The number of rotatable bonds is 4. The molecule has 3 nitrogen and oxygen atoms in total. The molecule has 5 heteroatoms. The monoisotopic (exact) mass is 333 g/mol. The molecular weight excluding hydrogens is 321 g/mol. The van der Waals surface area contributed by atoms with E-state index in [2.05, 4.69) is 4.57 Å². The summed E-state index contributed by atoms with van der Waals surface area (Å²) in [6, 6.07) is 13.1. The molecule has 0 saturated heterocycles. The van der Waals surface area contributed by atoms with Gasteiger partial charge in [0.05, 0.1) is 6.42 Å². The average molecular weight is 334 g/mol. The van der Waals surface area contributed by atoms with Crippen molar-refractivity contribution < 1.29 is 9.90 Å². The second-order valence-electron chi connectivity index (χ2n) is 5.14. The van der Waals surface area contributed by atoms with Crippen molar-refractivity contribution in [3.63, 3.8) is 0 Å². The molecule has 1 heterocycles. The van der Waals surface area contributed by atoms with Crippen LogP contribution in [0.5, 0.6) is 0 Å². The fourth-order valence-corrected chi connectivity index (χ4v) is 2.95. The van der Waals surface area contributed by atoms with Crippen LogP contribution in [0, 0.1) is 0 Å². The molecule has 0 fully saturated rings. The van der Waals surface area contributed by atoms with Crippen LogP contribution in [0.15, 0.2) is 48.7 Å². The minimum absolute atomic E-state index is 0.0167. The molecule has 1 aromatic heterocycles. The first-order chi connectivity index (χ1) is 10.5. The molecule has 3 aromatic rings. The van der Waals surface area contributed by atoms with E-state index in [0.29, 0.717) is 16.6 Å². The molecule has 0 aliphatic rings. The van der Waals surface area contributed by atoms with Crippen molar-refractivity contribution >= 4 is 40.1 Å². The maximum absolute atomic E-state index is 10.9. The fourth-order valence-electron chi connectivity index (χ4n) is 2.49. The molecule has 0 spiro atoms. The molecule has 112 valence electrons. The van der Waals surface area contributed by atoms with E-state index in [1.807, 2.05) is 42.6 Å². The Labute approximate surface area is 137 Å². The van der Waals surface area contributed by atoms with Gasteiger partial charge in [-0.2, -0.15) is 0 Å². The number of carboxylic acids is 1. The van der Waals surface area contributed by atoms with E-state index in [1.54, 1.807) is 6.07 Å². The van der Waals surface area contributed by atoms with E-state index < -0.39 is 5.97 Å². The van der Waals surface area contributed by atoms with Crippen molar-refractivity contribution in [3.05, 3.63) is 69.8 Å². The molecule has 0 amide bonds. The zero-order valence-electron chi connectivity index (χ0n) is 11.6. The van der Waals surface area contributed by atoms with Gasteiger partial charge >= 0.3 is 5.97 Å². The van der Waals surface area contributed by atoms with Crippen LogP contribution in [-0.2, 0) is 17.8 Å². The Balaban J connectivity index is 1.97. The zero-order chi connectivity index (χ0) is 15.7. The summed E-state index contributed by atoms with van der Waals surface area (Å²) in [6.07, 6.45) is 1.99. The van der Waals surface area contributed by atoms with Crippen LogP contribution in [0.2, 0.25) is 10.0 Å². The van der Waals surface area contributed by atoms with Crippen LogP contribution in [0.3, 0.4) is 0 Å². The number of benzene rings is 2. The number of nitrogens with zero attached hydrogens (tertiary/aromatic N) is 1. The Bertz CT molecular complexity index is 855. The molecule has 2 aromatic carbocycles. The average Bonchev–Trinajstić information content (AvgIpc) is 2.84. The minimum Gasteiger partial charge on any atom is -0.481 e. The first-order valence-corrected chi connectivity index (χ1v) is 7.52. The first kappa shape index (κ1) is 14.9. The summed E-state index contributed by atoms with van der Waals surface area (Å²) >= 11 is 12.1. The third-order valence-corrected chi connectivity index (χ3v) is 4.14. The van der Waals surface area contributed by atoms with Gasteiger partial charge < -0.3 is 9.67 Å². The molecule has 0 saturated carbocycles. The quantitative estimate of drug-likeness (QED) is 0.756. The molecule has 0 bridgehead atoms. The number of halogens is 2. The fraction of sp³-hybridized carbons (Fsp3) is 0.118. The van der Waals surface area contributed by atoms with Crippen LogP contribution in [-0.4, -0.2) is 15.6 Å². The number of carbonyl (C=O) groups is 1. The maximum Gasteiger partial charge on any atom is 0.307 e. The van der Waals surface area contributed by atoms with Crippen molar-refractivity contribution in [1.82, 2.24) is 4.57 Å². The van der Waals surface area contributed by atoms with Gasteiger partial charge in [0.25, 0.3) is 0 Å². The largest absolute Gasteiger partial charge is 0.481 e. The lowest BCUT2D eigenvalue weighted by Gasteiger charge is -2.09. The van der Waals surface area contributed by atoms with Crippen LogP contribution in [0.1, 0.15) is 11.1 Å². The Morgan fingerprint density at radius 1 is 1.09 bits per heavy atom. The first-order valence-electron chi connectivity index (χ1n) is 6.76. The molecule has 1 N–H and O–H groups in total. The summed E-state index contributed by atoms with van der Waals surface area (Å²) in [6.45, 7) is 0.607. The summed E-state index contributed by atoms with van der Waals surface area (Å²) in [5.41, 5.74) is 2.74. The van der Waals surface area contributed by atoms with E-state index >= 15 is 0 Å². The molecule has 0 atom stereocenters. The summed E-state index contributed by atoms with van der Waals surface area (Å²) < 4.78 is 2.05. The summed E-state index contributed by atoms with van der Waals surface area (Å²) in [5, 5.41) is 11.2. The molecular formula is C17H13Cl2NO2. The van der Waals surface area contributed by atoms with Crippen LogP contribution < -0.4 is 0 Å². The Morgan fingerprint density at radius 3 is 2.64 bits per heavy atom. The molecule has 0 aliphatic heterocycles. The van der Waals surface area contributed by atoms with Crippen molar-refractivity contribution in [2.24, 2.45) is 0 Å². The maximum atomic E-state index is 10.9. The van der Waals surface area contributed by atoms with Crippen molar-refractivity contribution in [2.45, 2.75) is 13.0 Å². The van der Waals surface area contributed by atoms with Gasteiger partial charge in [-0.05, 0) is 40.8 Å². The Hall–Kier alpha value is -1.97. The van der Waals surface area contributed by atoms with Gasteiger partial charge in [0.2, 0.25) is 0 Å². The lowest BCUT2D eigenvalue weighted by atomic mass is 10.1. The topological polar surface area (TPSA) is 42.2 Å². The van der Waals surface area contributed by atoms with Crippen LogP contribution in [0.4, 0.5) is 0 Å². The van der Waals surface area contributed by atoms with E-state index in [9.17, 15) is 4.79 Å². The number of carboxylic acid groups (broad SMARTS) is 1. The van der Waals surface area contributed by atoms with E-state index in [1.165, 1.54) is 0 Å². The SMILES string of the molecule is O=C(O)Cc1ccc2ccn(Cc3ccc(Cl)cc3Cl)c2c1. The Kier molecular flexibility index (Phi) is 4.10. The second kappa shape index (κ2) is 6.03. The number of aromatic nitrogens is 1. The lowest BCUT2D eigenvalue weighted by Crippen LogP contribution is -2.02. The zero-order valence-corrected chi connectivity index (χ0v) is 13.1. The highest BCUT2D eigenvalue weighted by molar-refractivity contribution is 6.35. The van der Waals surface area contributed by atoms with Crippen molar-refractivity contribution in [1.29, 1.82) is 0 Å². The van der Waals surface area contributed by atoms with Gasteiger partial charge in [0, 0.05) is 28.3 Å². The molecule has 22 heavy (non-hydrogen) atoms. The summed E-state index contributed by atoms with van der Waals surface area (Å²) in [4.78, 5) is 10.9. The molecule has 3 rings (SSSR count). The number of aliphatic carboxylic acids is 1. The second-order valence-corrected chi connectivity index (χ2v) is 5.99. The third kappa shape index (κ3) is 3.11. The predicted octanol–water partition coefficient (Wildman–Crippen LogP) is 4.62. The highest BCUT2D eigenvalue weighted by Crippen LogP contribution is 2.24. The normalized spacial score (nSPS) is 11.0. The number of fused-ring (bicyclic) bond motifs is 1. The van der Waals surface area contributed by atoms with E-state index in [0.717, 1.165) is 22.0 Å². The standard InChI is InChI=1S/C17H13Cl2NO2/c18-14-4-3-13(15(19)9-14)10-20-6-5-12-2-1-11(7-16(12)20)8-17(21)22/h1-7,9H,8,10H2,(H,21,22). The lowest BCUT2D eigenvalue weighted by molar-refractivity contribution is -0.136. The number of hydrogen-bond donors (Lipinski definition) is 1. The van der Waals surface area contributed by atoms with Crippen molar-refractivity contribution in [2.75, 3.05) is 0 Å². The van der Waals surface area contributed by atoms with Crippen molar-refractivity contribution in [3.8, 4) is 0 Å². The molecule has 0 aliphatic carbocycles. The van der Waals surface area contributed by atoms with E-state index in [-0.39, 0.29) is 6.42 Å². The number of hydrogen-bond acceptors (Lipinski definition) is 1. The van der Waals surface area contributed by atoms with Crippen LogP contribution >= 0.6 is 23.2 Å². The minimum atomic E-state index is -0.835. The smallest absolute Gasteiger partial charge is 0.307 e. The van der Waals surface area contributed by atoms with Gasteiger partial charge in [0.1, 0.15) is 0 Å². The third-order valence-electron chi connectivity index (χ3n) is 3.55. The van der Waals surface area contributed by atoms with Gasteiger partial charge in [-0.1, -0.05) is 41.4 Å². The summed E-state index contributed by atoms with van der Waals surface area (Å²) in [5.74, 6) is -0.835. The Morgan fingerprint density at radius 2 is 1.91 bits per heavy atom. The predicted molar refractivity (Wildman–Crippen MR) is 88.8 cm³/mol. The van der Waals surface area contributed by atoms with Crippen LogP contribution in [0.25, 0.3) is 10.9 Å². The molecule has 0 unspecified atom stereocenters. The van der Waals surface area contributed by atoms with Gasteiger partial charge in [-0.3, -0.25) is 4.79 Å².